The highest BCUT2D eigenvalue weighted by molar-refractivity contribution is 7.91. The van der Waals surface area contributed by atoms with Crippen LogP contribution >= 0.6 is 0 Å². The van der Waals surface area contributed by atoms with E-state index in [4.69, 9.17) is 0 Å². The Labute approximate surface area is 212 Å². The van der Waals surface area contributed by atoms with Crippen molar-refractivity contribution in [3.63, 3.8) is 0 Å². The number of hydrogen-bond donors (Lipinski definition) is 1. The van der Waals surface area contributed by atoms with Gasteiger partial charge >= 0.3 is 6.18 Å². The van der Waals surface area contributed by atoms with E-state index in [9.17, 15) is 31.2 Å². The second kappa shape index (κ2) is 9.70. The normalized spacial score (nSPS) is 17.8. The van der Waals surface area contributed by atoms with Gasteiger partial charge in [-0.25, -0.2) is 13.4 Å². The van der Waals surface area contributed by atoms with Crippen LogP contribution in [0.15, 0.2) is 59.6 Å². The molecule has 37 heavy (non-hydrogen) atoms. The summed E-state index contributed by atoms with van der Waals surface area (Å²) < 4.78 is 62.5. The van der Waals surface area contributed by atoms with Crippen LogP contribution in [0, 0.1) is 0 Å². The molecule has 0 saturated heterocycles. The van der Waals surface area contributed by atoms with Crippen LogP contribution in [0.5, 0.6) is 0 Å². The number of carbonyl (C=O) groups excluding carboxylic acids is 2. The molecular weight excluding hydrogens is 507 g/mol. The Morgan fingerprint density at radius 2 is 1.78 bits per heavy atom. The third-order valence-corrected chi connectivity index (χ3v) is 8.32. The summed E-state index contributed by atoms with van der Waals surface area (Å²) in [7, 11) is -3.33. The Morgan fingerprint density at radius 1 is 1.08 bits per heavy atom. The molecule has 0 radical (unpaired) electrons. The molecule has 11 heteroatoms. The topological polar surface area (TPSA) is 106 Å². The van der Waals surface area contributed by atoms with E-state index in [1.165, 1.54) is 24.3 Å². The number of aryl methyl sites for hydroxylation is 1. The first-order valence-electron chi connectivity index (χ1n) is 11.5. The number of carbonyl (C=O) groups is 2. The van der Waals surface area contributed by atoms with Crippen LogP contribution in [-0.2, 0) is 39.1 Å². The molecule has 2 heterocycles. The average molecular weight is 532 g/mol. The largest absolute Gasteiger partial charge is 0.433 e. The van der Waals surface area contributed by atoms with Crippen LogP contribution in [0.1, 0.15) is 53.1 Å². The number of benzene rings is 1. The molecule has 0 aliphatic heterocycles. The van der Waals surface area contributed by atoms with Crippen molar-refractivity contribution in [2.45, 2.75) is 49.6 Å². The first-order valence-corrected chi connectivity index (χ1v) is 13.2. The lowest BCUT2D eigenvalue weighted by Crippen LogP contribution is -2.38. The lowest BCUT2D eigenvalue weighted by molar-refractivity contribution is -0.141. The molecule has 0 spiro atoms. The van der Waals surface area contributed by atoms with Crippen molar-refractivity contribution < 1.29 is 31.2 Å². The molecule has 0 bridgehead atoms. The van der Waals surface area contributed by atoms with E-state index >= 15 is 0 Å². The van der Waals surface area contributed by atoms with Gasteiger partial charge in [-0.05, 0) is 61.2 Å². The number of Topliss-reactive ketones (excluding diaryl/α,β-unsaturated/α-hetero) is 1. The average Bonchev–Trinajstić information content (AvgIpc) is 2.86. The number of alkyl halides is 3. The van der Waals surface area contributed by atoms with Crippen LogP contribution < -0.4 is 5.32 Å². The molecule has 4 rings (SSSR count). The van der Waals surface area contributed by atoms with Crippen molar-refractivity contribution in [1.82, 2.24) is 9.97 Å². The van der Waals surface area contributed by atoms with Crippen molar-refractivity contribution >= 4 is 27.3 Å². The van der Waals surface area contributed by atoms with Gasteiger partial charge in [-0.3, -0.25) is 14.6 Å². The molecule has 194 valence electrons. The maximum atomic E-state index is 13.3. The number of nitrogens with zero attached hydrogens (tertiary/aromatic N) is 2. The molecule has 0 fully saturated rings. The Morgan fingerprint density at radius 3 is 2.38 bits per heavy atom. The predicted molar refractivity (Wildman–Crippen MR) is 130 cm³/mol. The summed E-state index contributed by atoms with van der Waals surface area (Å²) in [5.74, 6) is -0.384. The third-order valence-electron chi connectivity index (χ3n) is 6.57. The van der Waals surface area contributed by atoms with Gasteiger partial charge < -0.3 is 5.32 Å². The quantitative estimate of drug-likeness (QED) is 0.500. The van der Waals surface area contributed by atoms with Crippen molar-refractivity contribution in [3.05, 3.63) is 82.8 Å². The second-order valence-electron chi connectivity index (χ2n) is 9.05. The molecule has 1 aromatic carbocycles. The van der Waals surface area contributed by atoms with E-state index in [2.05, 4.69) is 15.3 Å². The van der Waals surface area contributed by atoms with Crippen molar-refractivity contribution in [1.29, 1.82) is 0 Å². The number of aromatic nitrogens is 2. The number of amides is 1. The first kappa shape index (κ1) is 26.5. The second-order valence-corrected chi connectivity index (χ2v) is 11.3. The van der Waals surface area contributed by atoms with Gasteiger partial charge in [0.25, 0.3) is 0 Å². The minimum Gasteiger partial charge on any atom is -0.310 e. The minimum absolute atomic E-state index is 0.00312. The molecule has 0 saturated carbocycles. The Kier molecular flexibility index (Phi) is 6.93. The highest BCUT2D eigenvalue weighted by Gasteiger charge is 2.41. The molecular formula is C26H24F3N3O4S. The number of fused-ring (bicyclic) bond motifs is 1. The molecule has 1 unspecified atom stereocenters. The fourth-order valence-electron chi connectivity index (χ4n) is 4.26. The molecule has 3 aromatic rings. The van der Waals surface area contributed by atoms with Crippen molar-refractivity contribution in [2.75, 3.05) is 11.1 Å². The van der Waals surface area contributed by atoms with Crippen LogP contribution in [0.4, 0.5) is 19.0 Å². The maximum Gasteiger partial charge on any atom is 0.433 e. The molecule has 1 amide bonds. The van der Waals surface area contributed by atoms with Gasteiger partial charge in [-0.1, -0.05) is 25.1 Å². The van der Waals surface area contributed by atoms with Gasteiger partial charge in [0.2, 0.25) is 5.91 Å². The van der Waals surface area contributed by atoms with E-state index in [-0.39, 0.29) is 34.6 Å². The summed E-state index contributed by atoms with van der Waals surface area (Å²) in [6.45, 7) is 3.23. The number of halogens is 3. The van der Waals surface area contributed by atoms with E-state index in [1.807, 2.05) is 0 Å². The van der Waals surface area contributed by atoms with Gasteiger partial charge in [0, 0.05) is 11.8 Å². The lowest BCUT2D eigenvalue weighted by atomic mass is 9.69. The number of nitrogens with one attached hydrogen (secondary N) is 1. The molecule has 1 aliphatic rings. The molecule has 2 aromatic heterocycles. The monoisotopic (exact) mass is 531 g/mol. The standard InChI is InChI=1S/C26H24F3N3O4S/c1-3-37(35,36)18-7-4-16(5-8-18)14-23(33)32-22-11-9-19-20(31-22)12-13-25(2,24(19)34)17-6-10-21(30-15-17)26(27,28)29/h4-11,15H,3,12-14H2,1-2H3,(H,31,32,33). The van der Waals surface area contributed by atoms with Gasteiger partial charge in [-0.2, -0.15) is 13.2 Å². The van der Waals surface area contributed by atoms with Crippen LogP contribution in [0.3, 0.4) is 0 Å². The number of sulfone groups is 1. The fraction of sp³-hybridized carbons (Fsp3) is 0.308. The summed E-state index contributed by atoms with van der Waals surface area (Å²) in [6, 6.07) is 11.3. The summed E-state index contributed by atoms with van der Waals surface area (Å²) >= 11 is 0. The van der Waals surface area contributed by atoms with E-state index < -0.39 is 27.1 Å². The summed E-state index contributed by atoms with van der Waals surface area (Å²) in [5, 5.41) is 2.69. The third kappa shape index (κ3) is 5.41. The number of ketones is 1. The molecule has 7 nitrogen and oxygen atoms in total. The van der Waals surface area contributed by atoms with Gasteiger partial charge in [-0.15, -0.1) is 0 Å². The van der Waals surface area contributed by atoms with Gasteiger partial charge in [0.15, 0.2) is 15.6 Å². The fourth-order valence-corrected chi connectivity index (χ4v) is 5.15. The molecule has 1 N–H and O–H groups in total. The smallest absolute Gasteiger partial charge is 0.310 e. The number of pyridine rings is 2. The van der Waals surface area contributed by atoms with Crippen LogP contribution in [0.25, 0.3) is 0 Å². The SMILES string of the molecule is CCS(=O)(=O)c1ccc(CC(=O)Nc2ccc3c(n2)CCC(C)(c2ccc(C(F)(F)F)nc2)C3=O)cc1. The highest BCUT2D eigenvalue weighted by Crippen LogP contribution is 2.38. The lowest BCUT2D eigenvalue weighted by Gasteiger charge is -2.33. The maximum absolute atomic E-state index is 13.3. The van der Waals surface area contributed by atoms with E-state index in [0.717, 1.165) is 12.3 Å². The van der Waals surface area contributed by atoms with Gasteiger partial charge in [0.1, 0.15) is 11.5 Å². The summed E-state index contributed by atoms with van der Waals surface area (Å²) in [5.41, 5.74) is -0.206. The minimum atomic E-state index is -4.56. The summed E-state index contributed by atoms with van der Waals surface area (Å²) in [6.07, 6.45) is -2.76. The zero-order valence-electron chi connectivity index (χ0n) is 20.1. The Bertz CT molecular complexity index is 1450. The van der Waals surface area contributed by atoms with Crippen LogP contribution in [0.2, 0.25) is 0 Å². The molecule has 1 atom stereocenters. The van der Waals surface area contributed by atoms with E-state index in [1.54, 1.807) is 32.0 Å². The first-order chi connectivity index (χ1) is 17.3. The zero-order chi connectivity index (χ0) is 27.0. The number of hydrogen-bond acceptors (Lipinski definition) is 6. The van der Waals surface area contributed by atoms with Crippen molar-refractivity contribution in [3.8, 4) is 0 Å². The van der Waals surface area contributed by atoms with Crippen molar-refractivity contribution in [2.24, 2.45) is 0 Å². The summed E-state index contributed by atoms with van der Waals surface area (Å²) in [4.78, 5) is 33.9. The Hall–Kier alpha value is -3.60. The number of rotatable bonds is 6. The van der Waals surface area contributed by atoms with E-state index in [0.29, 0.717) is 35.2 Å². The predicted octanol–water partition coefficient (Wildman–Crippen LogP) is 4.56. The Balaban J connectivity index is 1.46. The molecule has 1 aliphatic carbocycles. The van der Waals surface area contributed by atoms with Crippen LogP contribution in [-0.4, -0.2) is 35.8 Å². The zero-order valence-corrected chi connectivity index (χ0v) is 20.9. The number of anilines is 1. The highest BCUT2D eigenvalue weighted by atomic mass is 32.2. The van der Waals surface area contributed by atoms with Gasteiger partial charge in [0.05, 0.1) is 28.2 Å².